The summed E-state index contributed by atoms with van der Waals surface area (Å²) < 4.78 is 11.1. The van der Waals surface area contributed by atoms with Crippen LogP contribution in [-0.2, 0) is 20.7 Å². The molecule has 1 aromatic rings. The van der Waals surface area contributed by atoms with Crippen molar-refractivity contribution < 1.29 is 29.3 Å². The molecule has 1 heterocycles. The number of likely N-dealkylation sites (N-methyl/N-ethyl adjacent to an activating group) is 2. The predicted molar refractivity (Wildman–Crippen MR) is 143 cm³/mol. The number of nitrogens with zero attached hydrogens (tertiary/aromatic N) is 4. The quantitative estimate of drug-likeness (QED) is 0.370. The molecule has 37 heavy (non-hydrogen) atoms. The monoisotopic (exact) mass is 522 g/mol. The van der Waals surface area contributed by atoms with Crippen LogP contribution in [0.25, 0.3) is 0 Å². The van der Waals surface area contributed by atoms with E-state index in [2.05, 4.69) is 28.5 Å². The summed E-state index contributed by atoms with van der Waals surface area (Å²) in [5.74, 6) is -0.847. The van der Waals surface area contributed by atoms with Gasteiger partial charge in [0.1, 0.15) is 12.4 Å². The lowest BCUT2D eigenvalue weighted by atomic mass is 10.0. The van der Waals surface area contributed by atoms with E-state index in [0.29, 0.717) is 52.4 Å². The van der Waals surface area contributed by atoms with Gasteiger partial charge in [0.05, 0.1) is 19.7 Å². The average molecular weight is 523 g/mol. The summed E-state index contributed by atoms with van der Waals surface area (Å²) in [7, 11) is 0. The molecule has 0 spiro atoms. The smallest absolute Gasteiger partial charge is 0.317 e. The minimum Gasteiger partial charge on any atom is -0.491 e. The van der Waals surface area contributed by atoms with E-state index < -0.39 is 11.9 Å². The summed E-state index contributed by atoms with van der Waals surface area (Å²) in [4.78, 5) is 31.9. The summed E-state index contributed by atoms with van der Waals surface area (Å²) in [6.07, 6.45) is 0.716. The first kappa shape index (κ1) is 31.0. The van der Waals surface area contributed by atoms with Crippen molar-refractivity contribution in [2.45, 2.75) is 33.2 Å². The van der Waals surface area contributed by atoms with Crippen LogP contribution in [0.3, 0.4) is 0 Å². The third-order valence-electron chi connectivity index (χ3n) is 6.84. The molecule has 2 rings (SSSR count). The Morgan fingerprint density at radius 1 is 0.811 bits per heavy atom. The first-order valence-corrected chi connectivity index (χ1v) is 13.5. The summed E-state index contributed by atoms with van der Waals surface area (Å²) in [5.41, 5.74) is 1.13. The van der Waals surface area contributed by atoms with Crippen LogP contribution in [-0.4, -0.2) is 140 Å². The van der Waals surface area contributed by atoms with Crippen LogP contribution in [0.15, 0.2) is 24.3 Å². The van der Waals surface area contributed by atoms with Crippen LogP contribution in [0, 0.1) is 0 Å². The van der Waals surface area contributed by atoms with Gasteiger partial charge in [-0.2, -0.15) is 0 Å². The number of aliphatic carboxylic acids is 2. The lowest BCUT2D eigenvalue weighted by molar-refractivity contribution is -0.139. The standard InChI is InChI=1S/C27H46N4O6/c1-4-28-11-13-30(21-26(32)33)14-12-29(5-2)20-24(31(16-15-28)22-27(34)35)19-23-7-9-25(10-8-23)37-18-17-36-6-3/h7-10,24H,4-6,11-22H2,1-3H3,(H,32,33)(H,34,35)/t24-/m0/s1. The number of carbonyl (C=O) groups is 2. The molecular weight excluding hydrogens is 476 g/mol. The molecule has 0 aromatic heterocycles. The molecule has 0 aliphatic carbocycles. The van der Waals surface area contributed by atoms with Gasteiger partial charge < -0.3 is 29.5 Å². The third-order valence-corrected chi connectivity index (χ3v) is 6.84. The van der Waals surface area contributed by atoms with E-state index in [1.54, 1.807) is 0 Å². The maximum absolute atomic E-state index is 11.8. The van der Waals surface area contributed by atoms with Crippen molar-refractivity contribution in [2.24, 2.45) is 0 Å². The zero-order valence-electron chi connectivity index (χ0n) is 22.8. The van der Waals surface area contributed by atoms with Crippen LogP contribution in [0.4, 0.5) is 0 Å². The molecule has 1 saturated heterocycles. The molecule has 1 atom stereocenters. The second-order valence-electron chi connectivity index (χ2n) is 9.41. The number of carboxylic acids is 2. The van der Waals surface area contributed by atoms with E-state index in [0.717, 1.165) is 44.0 Å². The summed E-state index contributed by atoms with van der Waals surface area (Å²) in [6, 6.07) is 8.02. The third kappa shape index (κ3) is 12.2. The maximum Gasteiger partial charge on any atom is 0.317 e. The van der Waals surface area contributed by atoms with E-state index >= 15 is 0 Å². The fraction of sp³-hybridized carbons (Fsp3) is 0.704. The Morgan fingerprint density at radius 2 is 1.41 bits per heavy atom. The molecule has 210 valence electrons. The van der Waals surface area contributed by atoms with E-state index in [1.807, 2.05) is 36.1 Å². The van der Waals surface area contributed by atoms with E-state index in [4.69, 9.17) is 9.47 Å². The fourth-order valence-corrected chi connectivity index (χ4v) is 4.63. The van der Waals surface area contributed by atoms with Gasteiger partial charge in [-0.3, -0.25) is 19.4 Å². The van der Waals surface area contributed by atoms with Crippen molar-refractivity contribution >= 4 is 11.9 Å². The lowest BCUT2D eigenvalue weighted by Gasteiger charge is -2.38. The van der Waals surface area contributed by atoms with Crippen molar-refractivity contribution in [3.8, 4) is 5.75 Å². The van der Waals surface area contributed by atoms with Crippen LogP contribution in [0.1, 0.15) is 26.3 Å². The van der Waals surface area contributed by atoms with E-state index in [-0.39, 0.29) is 19.1 Å². The zero-order valence-corrected chi connectivity index (χ0v) is 22.8. The Kier molecular flexibility index (Phi) is 14.5. The Hall–Kier alpha value is -2.24. The van der Waals surface area contributed by atoms with Gasteiger partial charge >= 0.3 is 11.9 Å². The largest absolute Gasteiger partial charge is 0.491 e. The Bertz CT molecular complexity index is 794. The van der Waals surface area contributed by atoms with Crippen LogP contribution < -0.4 is 4.74 Å². The van der Waals surface area contributed by atoms with Crippen molar-refractivity contribution in [2.75, 3.05) is 91.8 Å². The minimum atomic E-state index is -0.825. The summed E-state index contributed by atoms with van der Waals surface area (Å²) in [6.45, 7) is 14.4. The lowest BCUT2D eigenvalue weighted by Crippen LogP contribution is -2.52. The molecular formula is C27H46N4O6. The average Bonchev–Trinajstić information content (AvgIpc) is 2.87. The molecule has 0 amide bonds. The first-order chi connectivity index (χ1) is 17.8. The Balaban J connectivity index is 2.20. The molecule has 2 N–H and O–H groups in total. The highest BCUT2D eigenvalue weighted by atomic mass is 16.5. The summed E-state index contributed by atoms with van der Waals surface area (Å²) >= 11 is 0. The van der Waals surface area contributed by atoms with Crippen LogP contribution in [0.2, 0.25) is 0 Å². The van der Waals surface area contributed by atoms with Gasteiger partial charge in [0, 0.05) is 58.5 Å². The number of carboxylic acid groups (broad SMARTS) is 2. The van der Waals surface area contributed by atoms with Crippen molar-refractivity contribution in [3.63, 3.8) is 0 Å². The number of hydrogen-bond acceptors (Lipinski definition) is 8. The predicted octanol–water partition coefficient (Wildman–Crippen LogP) is 1.44. The van der Waals surface area contributed by atoms with Gasteiger partial charge in [0.2, 0.25) is 0 Å². The molecule has 1 aliphatic rings. The second kappa shape index (κ2) is 17.3. The first-order valence-electron chi connectivity index (χ1n) is 13.5. The van der Waals surface area contributed by atoms with Gasteiger partial charge in [-0.05, 0) is 44.1 Å². The van der Waals surface area contributed by atoms with Crippen molar-refractivity contribution in [1.29, 1.82) is 0 Å². The number of hydrogen-bond donors (Lipinski definition) is 2. The van der Waals surface area contributed by atoms with Crippen LogP contribution in [0.5, 0.6) is 5.75 Å². The maximum atomic E-state index is 11.8. The number of rotatable bonds is 13. The molecule has 10 nitrogen and oxygen atoms in total. The summed E-state index contributed by atoms with van der Waals surface area (Å²) in [5, 5.41) is 19.1. The highest BCUT2D eigenvalue weighted by Crippen LogP contribution is 2.17. The van der Waals surface area contributed by atoms with Gasteiger partial charge in [0.15, 0.2) is 0 Å². The Morgan fingerprint density at radius 3 is 2.00 bits per heavy atom. The molecule has 1 aliphatic heterocycles. The molecule has 0 saturated carbocycles. The highest BCUT2D eigenvalue weighted by Gasteiger charge is 2.25. The SMILES string of the molecule is CCOCCOc1ccc(C[C@H]2CN(CC)CCN(CC(=O)O)CCN(CC)CCN2CC(=O)O)cc1. The molecule has 0 unspecified atom stereocenters. The van der Waals surface area contributed by atoms with Gasteiger partial charge in [-0.15, -0.1) is 0 Å². The van der Waals surface area contributed by atoms with Gasteiger partial charge in [-0.25, -0.2) is 0 Å². The second-order valence-corrected chi connectivity index (χ2v) is 9.41. The van der Waals surface area contributed by atoms with Crippen molar-refractivity contribution in [1.82, 2.24) is 19.6 Å². The highest BCUT2D eigenvalue weighted by molar-refractivity contribution is 5.69. The van der Waals surface area contributed by atoms with Gasteiger partial charge in [0.25, 0.3) is 0 Å². The molecule has 0 bridgehead atoms. The Labute approximate surface area is 221 Å². The van der Waals surface area contributed by atoms with Gasteiger partial charge in [-0.1, -0.05) is 26.0 Å². The molecule has 0 radical (unpaired) electrons. The molecule has 10 heteroatoms. The minimum absolute atomic E-state index is 0.00632. The van der Waals surface area contributed by atoms with E-state index in [1.165, 1.54) is 0 Å². The zero-order chi connectivity index (χ0) is 27.0. The number of benzene rings is 1. The molecule has 1 fully saturated rings. The van der Waals surface area contributed by atoms with Crippen LogP contribution >= 0.6 is 0 Å². The normalized spacial score (nSPS) is 19.7. The molecule has 1 aromatic carbocycles. The number of ether oxygens (including phenoxy) is 2. The van der Waals surface area contributed by atoms with Crippen molar-refractivity contribution in [3.05, 3.63) is 29.8 Å². The fourth-order valence-electron chi connectivity index (χ4n) is 4.63. The topological polar surface area (TPSA) is 106 Å². The van der Waals surface area contributed by atoms with E-state index in [9.17, 15) is 19.8 Å².